The van der Waals surface area contributed by atoms with E-state index >= 15 is 0 Å². The molecule has 1 amide bonds. The Kier molecular flexibility index (Phi) is 3.27. The first kappa shape index (κ1) is 10.5. The second-order valence-corrected chi connectivity index (χ2v) is 4.10. The van der Waals surface area contributed by atoms with Crippen molar-refractivity contribution in [1.29, 1.82) is 0 Å². The fourth-order valence-electron chi connectivity index (χ4n) is 1.31. The summed E-state index contributed by atoms with van der Waals surface area (Å²) in [6.07, 6.45) is 1.09. The quantitative estimate of drug-likeness (QED) is 0.562. The number of hydrogen-bond donors (Lipinski definition) is 3. The van der Waals surface area contributed by atoms with Crippen LogP contribution in [0.25, 0.3) is 0 Å². The first-order chi connectivity index (χ1) is 6.00. The number of amides is 1. The van der Waals surface area contributed by atoms with Crippen molar-refractivity contribution in [3.63, 3.8) is 0 Å². The van der Waals surface area contributed by atoms with E-state index in [-0.39, 0.29) is 24.0 Å². The van der Waals surface area contributed by atoms with Crippen molar-refractivity contribution in [2.45, 2.75) is 44.9 Å². The molecule has 4 nitrogen and oxygen atoms in total. The minimum Gasteiger partial charge on any atom is -0.393 e. The van der Waals surface area contributed by atoms with Gasteiger partial charge in [-0.25, -0.2) is 0 Å². The number of aliphatic hydroxyl groups excluding tert-OH is 1. The predicted octanol–water partition coefficient (Wildman–Crippen LogP) is -0.391. The zero-order valence-electron chi connectivity index (χ0n) is 8.16. The molecule has 0 aromatic heterocycles. The van der Waals surface area contributed by atoms with Crippen LogP contribution in [0.2, 0.25) is 0 Å². The first-order valence-electron chi connectivity index (χ1n) is 4.74. The zero-order valence-corrected chi connectivity index (χ0v) is 8.16. The molecule has 0 aromatic rings. The minimum atomic E-state index is -0.433. The Morgan fingerprint density at radius 3 is 2.46 bits per heavy atom. The summed E-state index contributed by atoms with van der Waals surface area (Å²) in [5.74, 6) is 0.0527. The second-order valence-electron chi connectivity index (χ2n) is 4.10. The van der Waals surface area contributed by atoms with Gasteiger partial charge in [-0.05, 0) is 18.8 Å². The molecule has 76 valence electrons. The van der Waals surface area contributed by atoms with Gasteiger partial charge in [0.2, 0.25) is 5.91 Å². The maximum absolute atomic E-state index is 11.4. The molecule has 0 aromatic carbocycles. The maximum atomic E-state index is 11.4. The van der Waals surface area contributed by atoms with E-state index in [0.717, 1.165) is 0 Å². The first-order valence-corrected chi connectivity index (χ1v) is 4.74. The summed E-state index contributed by atoms with van der Waals surface area (Å²) < 4.78 is 0. The van der Waals surface area contributed by atoms with Gasteiger partial charge in [0.15, 0.2) is 0 Å². The number of carbonyl (C=O) groups excluding carboxylic acids is 1. The van der Waals surface area contributed by atoms with Gasteiger partial charge in [0, 0.05) is 6.04 Å². The molecular formula is C9H18N2O2. The summed E-state index contributed by atoms with van der Waals surface area (Å²) in [5.41, 5.74) is 5.65. The Balaban J connectivity index is 2.25. The Morgan fingerprint density at radius 2 is 2.08 bits per heavy atom. The number of carbonyl (C=O) groups is 1. The van der Waals surface area contributed by atoms with Gasteiger partial charge < -0.3 is 16.2 Å². The molecule has 0 spiro atoms. The van der Waals surface area contributed by atoms with Gasteiger partial charge in [-0.3, -0.25) is 4.79 Å². The van der Waals surface area contributed by atoms with Crippen LogP contribution in [0.15, 0.2) is 0 Å². The highest BCUT2D eigenvalue weighted by molar-refractivity contribution is 5.82. The van der Waals surface area contributed by atoms with Crippen molar-refractivity contribution < 1.29 is 9.90 Å². The normalized spacial score (nSPS) is 29.6. The Bertz CT molecular complexity index is 188. The van der Waals surface area contributed by atoms with Gasteiger partial charge >= 0.3 is 0 Å². The molecule has 1 aliphatic rings. The lowest BCUT2D eigenvalue weighted by Gasteiger charge is -2.33. The molecule has 0 radical (unpaired) electrons. The van der Waals surface area contributed by atoms with Crippen molar-refractivity contribution >= 4 is 5.91 Å². The van der Waals surface area contributed by atoms with Crippen molar-refractivity contribution in [3.8, 4) is 0 Å². The van der Waals surface area contributed by atoms with Crippen LogP contribution in [0.5, 0.6) is 0 Å². The van der Waals surface area contributed by atoms with Crippen LogP contribution in [-0.4, -0.2) is 29.2 Å². The van der Waals surface area contributed by atoms with E-state index in [2.05, 4.69) is 5.32 Å². The van der Waals surface area contributed by atoms with Crippen LogP contribution >= 0.6 is 0 Å². The van der Waals surface area contributed by atoms with Crippen LogP contribution < -0.4 is 11.1 Å². The molecule has 4 heteroatoms. The SMILES string of the molecule is CC(C)[C@@H](N)C(=O)NC1CC(O)C1. The van der Waals surface area contributed by atoms with Gasteiger partial charge in [-0.1, -0.05) is 13.8 Å². The summed E-state index contributed by atoms with van der Waals surface area (Å²) in [6.45, 7) is 3.83. The summed E-state index contributed by atoms with van der Waals surface area (Å²) in [6, 6.07) is -0.301. The molecule has 0 bridgehead atoms. The summed E-state index contributed by atoms with van der Waals surface area (Å²) in [5, 5.41) is 11.8. The molecule has 0 aliphatic heterocycles. The van der Waals surface area contributed by atoms with Crippen molar-refractivity contribution in [1.82, 2.24) is 5.32 Å². The van der Waals surface area contributed by atoms with Crippen molar-refractivity contribution in [3.05, 3.63) is 0 Å². The number of nitrogens with one attached hydrogen (secondary N) is 1. The smallest absolute Gasteiger partial charge is 0.237 e. The molecule has 1 fully saturated rings. The highest BCUT2D eigenvalue weighted by atomic mass is 16.3. The van der Waals surface area contributed by atoms with E-state index < -0.39 is 6.04 Å². The largest absolute Gasteiger partial charge is 0.393 e. The molecule has 13 heavy (non-hydrogen) atoms. The summed E-state index contributed by atoms with van der Waals surface area (Å²) in [4.78, 5) is 11.4. The van der Waals surface area contributed by atoms with E-state index in [1.54, 1.807) is 0 Å². The molecule has 1 rings (SSSR count). The average Bonchev–Trinajstić information content (AvgIpc) is 2.00. The number of rotatable bonds is 3. The third-order valence-corrected chi connectivity index (χ3v) is 2.48. The molecular weight excluding hydrogens is 168 g/mol. The molecule has 1 atom stereocenters. The molecule has 0 heterocycles. The number of nitrogens with two attached hydrogens (primary N) is 1. The van der Waals surface area contributed by atoms with E-state index in [0.29, 0.717) is 12.8 Å². The lowest BCUT2D eigenvalue weighted by molar-refractivity contribution is -0.125. The Hall–Kier alpha value is -0.610. The standard InChI is InChI=1S/C9H18N2O2/c1-5(2)8(10)9(13)11-6-3-7(12)4-6/h5-8,12H,3-4,10H2,1-2H3,(H,11,13)/t6?,7?,8-/m1/s1. The monoisotopic (exact) mass is 186 g/mol. The zero-order chi connectivity index (χ0) is 10.0. The summed E-state index contributed by atoms with van der Waals surface area (Å²) >= 11 is 0. The molecule has 0 unspecified atom stereocenters. The lowest BCUT2D eigenvalue weighted by atomic mass is 9.89. The van der Waals surface area contributed by atoms with Crippen LogP contribution in [0.4, 0.5) is 0 Å². The van der Waals surface area contributed by atoms with E-state index in [4.69, 9.17) is 10.8 Å². The van der Waals surface area contributed by atoms with Gasteiger partial charge in [-0.2, -0.15) is 0 Å². The third-order valence-electron chi connectivity index (χ3n) is 2.48. The highest BCUT2D eigenvalue weighted by Gasteiger charge is 2.30. The van der Waals surface area contributed by atoms with E-state index in [9.17, 15) is 4.79 Å². The molecule has 1 aliphatic carbocycles. The van der Waals surface area contributed by atoms with Crippen LogP contribution in [0.3, 0.4) is 0 Å². The van der Waals surface area contributed by atoms with Gasteiger partial charge in [0.1, 0.15) is 0 Å². The van der Waals surface area contributed by atoms with Gasteiger partial charge in [-0.15, -0.1) is 0 Å². The fourth-order valence-corrected chi connectivity index (χ4v) is 1.31. The van der Waals surface area contributed by atoms with Gasteiger partial charge in [0.25, 0.3) is 0 Å². The van der Waals surface area contributed by atoms with Crippen molar-refractivity contribution in [2.75, 3.05) is 0 Å². The second kappa shape index (κ2) is 4.07. The van der Waals surface area contributed by atoms with Crippen LogP contribution in [-0.2, 0) is 4.79 Å². The van der Waals surface area contributed by atoms with Gasteiger partial charge in [0.05, 0.1) is 12.1 Å². The Labute approximate surface area is 78.5 Å². The minimum absolute atomic E-state index is 0.105. The molecule has 4 N–H and O–H groups in total. The number of hydrogen-bond acceptors (Lipinski definition) is 3. The number of aliphatic hydroxyl groups is 1. The fraction of sp³-hybridized carbons (Fsp3) is 0.889. The predicted molar refractivity (Wildman–Crippen MR) is 50.0 cm³/mol. The Morgan fingerprint density at radius 1 is 1.54 bits per heavy atom. The maximum Gasteiger partial charge on any atom is 0.237 e. The highest BCUT2D eigenvalue weighted by Crippen LogP contribution is 2.19. The average molecular weight is 186 g/mol. The van der Waals surface area contributed by atoms with E-state index in [1.807, 2.05) is 13.8 Å². The van der Waals surface area contributed by atoms with Crippen LogP contribution in [0.1, 0.15) is 26.7 Å². The van der Waals surface area contributed by atoms with E-state index in [1.165, 1.54) is 0 Å². The topological polar surface area (TPSA) is 75.4 Å². The third kappa shape index (κ3) is 2.67. The molecule has 1 saturated carbocycles. The summed E-state index contributed by atoms with van der Waals surface area (Å²) in [7, 11) is 0. The van der Waals surface area contributed by atoms with Crippen LogP contribution in [0, 0.1) is 5.92 Å². The lowest BCUT2D eigenvalue weighted by Crippen LogP contribution is -2.53. The molecule has 0 saturated heterocycles. The van der Waals surface area contributed by atoms with Crippen molar-refractivity contribution in [2.24, 2.45) is 11.7 Å².